The summed E-state index contributed by atoms with van der Waals surface area (Å²) in [6.45, 7) is 1.28. The first-order valence-electron chi connectivity index (χ1n) is 6.80. The van der Waals surface area contributed by atoms with Gasteiger partial charge >= 0.3 is 24.2 Å². The van der Waals surface area contributed by atoms with Crippen LogP contribution in [0.4, 0.5) is 43.9 Å². The Morgan fingerprint density at radius 3 is 0.900 bits per heavy atom. The number of hydrogen-bond acceptors (Lipinski definition) is 6. The fourth-order valence-corrected chi connectivity index (χ4v) is 1.83. The second-order valence-corrected chi connectivity index (χ2v) is 8.25. The normalized spacial score (nSPS) is 13.9. The molecule has 0 aromatic heterocycles. The highest BCUT2D eigenvalue weighted by Crippen LogP contribution is 2.38. The largest absolute Gasteiger partial charge is 0.453 e. The van der Waals surface area contributed by atoms with Gasteiger partial charge in [0.15, 0.2) is 0 Å². The van der Waals surface area contributed by atoms with Crippen LogP contribution in [-0.4, -0.2) is 78.1 Å². The average Bonchev–Trinajstić information content (AvgIpc) is 2.39. The lowest BCUT2D eigenvalue weighted by Gasteiger charge is -2.18. The molecule has 4 N–H and O–H groups in total. The molecule has 0 aliphatic heterocycles. The Morgan fingerprint density at radius 1 is 0.633 bits per heavy atom. The third-order valence-corrected chi connectivity index (χ3v) is 3.62. The van der Waals surface area contributed by atoms with Gasteiger partial charge in [0.1, 0.15) is 6.29 Å². The number of rotatable bonds is 6. The van der Waals surface area contributed by atoms with Gasteiger partial charge in [0.25, 0.3) is 20.2 Å². The number of hydrogen-bond donors (Lipinski definition) is 4. The van der Waals surface area contributed by atoms with Crippen molar-refractivity contribution in [2.45, 2.75) is 50.3 Å². The molecule has 8 nitrogen and oxygen atoms in total. The maximum Gasteiger partial charge on any atom is 0.453 e. The lowest BCUT2D eigenvalue weighted by molar-refractivity contribution is -0.282. The van der Waals surface area contributed by atoms with Crippen molar-refractivity contribution in [1.82, 2.24) is 0 Å². The van der Waals surface area contributed by atoms with Crippen molar-refractivity contribution in [3.63, 3.8) is 0 Å². The number of alkyl halides is 10. The van der Waals surface area contributed by atoms with E-state index in [4.69, 9.17) is 19.3 Å². The molecule has 0 aromatic rings. The van der Waals surface area contributed by atoms with Crippen molar-refractivity contribution in [2.75, 3.05) is 11.5 Å². The van der Waals surface area contributed by atoms with Gasteiger partial charge in [0.05, 0.1) is 11.5 Å². The Bertz CT molecular complexity index is 637. The minimum atomic E-state index is -5.79. The Balaban J connectivity index is -0.000000412. The van der Waals surface area contributed by atoms with Crippen LogP contribution in [0.2, 0.25) is 0 Å². The van der Waals surface area contributed by atoms with Crippen molar-refractivity contribution in [3.05, 3.63) is 0 Å². The molecule has 186 valence electrons. The lowest BCUT2D eigenvalue weighted by Crippen LogP contribution is -2.37. The minimum Gasteiger partial charge on any atom is -0.368 e. The van der Waals surface area contributed by atoms with E-state index in [2.05, 4.69) is 0 Å². The summed E-state index contributed by atoms with van der Waals surface area (Å²) in [6, 6.07) is 0. The summed E-state index contributed by atoms with van der Waals surface area (Å²) in [6.07, 6.45) is -16.7. The van der Waals surface area contributed by atoms with E-state index in [0.29, 0.717) is 0 Å². The number of aliphatic hydroxyl groups is 2. The summed E-state index contributed by atoms with van der Waals surface area (Å²) in [5, 5.41) is 15.2. The molecule has 0 bridgehead atoms. The van der Waals surface area contributed by atoms with Crippen LogP contribution >= 0.6 is 0 Å². The molecule has 20 heteroatoms. The third-order valence-electron chi connectivity index (χ3n) is 2.18. The quantitative estimate of drug-likeness (QED) is 0.238. The summed E-state index contributed by atoms with van der Waals surface area (Å²) in [5.74, 6) is -13.4. The van der Waals surface area contributed by atoms with Crippen LogP contribution in [0.25, 0.3) is 0 Å². The van der Waals surface area contributed by atoms with E-state index in [1.165, 1.54) is 6.92 Å². The Morgan fingerprint density at radius 2 is 0.800 bits per heavy atom. The molecule has 0 atom stereocenters. The van der Waals surface area contributed by atoms with Gasteiger partial charge in [-0.25, -0.2) is 0 Å². The van der Waals surface area contributed by atoms with E-state index in [9.17, 15) is 60.7 Å². The van der Waals surface area contributed by atoms with Crippen LogP contribution in [0.1, 0.15) is 19.8 Å². The van der Waals surface area contributed by atoms with Crippen molar-refractivity contribution in [1.29, 1.82) is 0 Å². The first-order chi connectivity index (χ1) is 12.6. The van der Waals surface area contributed by atoms with E-state index >= 15 is 0 Å². The SMILES string of the molecule is CC(O)O.O=S(=O)(O)CCC(F)(F)C(F)(F)F.O=S(=O)(O)CCC(F)(F)C(F)(F)F. The topological polar surface area (TPSA) is 149 Å². The minimum absolute atomic E-state index is 1.17. The predicted octanol–water partition coefficient (Wildman–Crippen LogP) is 2.24. The molecule has 0 fully saturated rings. The van der Waals surface area contributed by atoms with E-state index in [1.54, 1.807) is 0 Å². The number of halogens is 10. The second-order valence-electron chi connectivity index (χ2n) is 5.11. The number of aliphatic hydroxyl groups excluding tert-OH is 1. The van der Waals surface area contributed by atoms with Gasteiger partial charge in [-0.3, -0.25) is 9.11 Å². The fraction of sp³-hybridized carbons (Fsp3) is 1.00. The van der Waals surface area contributed by atoms with Gasteiger partial charge in [-0.15, -0.1) is 0 Å². The highest BCUT2D eigenvalue weighted by molar-refractivity contribution is 7.86. The van der Waals surface area contributed by atoms with Crippen LogP contribution in [-0.2, 0) is 20.2 Å². The standard InChI is InChI=1S/2C4H5F5O3S.C2H6O2/c2*5-3(6,4(7,8)9)1-2-13(10,11)12;1-2(3)4/h2*1-2H2,(H,10,11,12);2-4H,1H3. The monoisotopic (exact) mass is 518 g/mol. The summed E-state index contributed by atoms with van der Waals surface area (Å²) in [5.41, 5.74) is 0. The highest BCUT2D eigenvalue weighted by atomic mass is 32.2. The fourth-order valence-electron chi connectivity index (χ4n) is 0.798. The van der Waals surface area contributed by atoms with Crippen molar-refractivity contribution >= 4 is 20.2 Å². The van der Waals surface area contributed by atoms with Gasteiger partial charge in [0.2, 0.25) is 0 Å². The summed E-state index contributed by atoms with van der Waals surface area (Å²) >= 11 is 0. The maximum atomic E-state index is 12.0. The van der Waals surface area contributed by atoms with E-state index in [1.807, 2.05) is 0 Å². The average molecular weight is 518 g/mol. The zero-order valence-electron chi connectivity index (χ0n) is 14.4. The molecule has 0 saturated carbocycles. The lowest BCUT2D eigenvalue weighted by atomic mass is 10.2. The molecule has 0 aliphatic rings. The van der Waals surface area contributed by atoms with Crippen LogP contribution in [0, 0.1) is 0 Å². The van der Waals surface area contributed by atoms with Crippen molar-refractivity contribution in [2.24, 2.45) is 0 Å². The molecule has 0 aliphatic carbocycles. The van der Waals surface area contributed by atoms with Gasteiger partial charge in [-0.05, 0) is 6.92 Å². The first-order valence-corrected chi connectivity index (χ1v) is 10.0. The van der Waals surface area contributed by atoms with Crippen molar-refractivity contribution < 1.29 is 80.1 Å². The molecule has 0 aromatic carbocycles. The zero-order chi connectivity index (χ0) is 25.4. The molecule has 0 rings (SSSR count). The molecule has 0 radical (unpaired) electrons. The zero-order valence-corrected chi connectivity index (χ0v) is 16.1. The predicted molar refractivity (Wildman–Crippen MR) is 78.0 cm³/mol. The highest BCUT2D eigenvalue weighted by Gasteiger charge is 2.57. The molecular formula is C10H16F10O8S2. The smallest absolute Gasteiger partial charge is 0.368 e. The first kappa shape index (κ1) is 33.7. The molecule has 30 heavy (non-hydrogen) atoms. The molecule has 0 heterocycles. The van der Waals surface area contributed by atoms with Crippen molar-refractivity contribution in [3.8, 4) is 0 Å². The molecule has 0 unspecified atom stereocenters. The van der Waals surface area contributed by atoms with Crippen LogP contribution in [0.15, 0.2) is 0 Å². The summed E-state index contributed by atoms with van der Waals surface area (Å²) in [4.78, 5) is 0. The molecule has 0 amide bonds. The molecular weight excluding hydrogens is 502 g/mol. The van der Waals surface area contributed by atoms with Gasteiger partial charge in [0, 0.05) is 12.8 Å². The van der Waals surface area contributed by atoms with E-state index in [0.717, 1.165) is 0 Å². The van der Waals surface area contributed by atoms with E-state index in [-0.39, 0.29) is 0 Å². The molecule has 0 saturated heterocycles. The Kier molecular flexibility index (Phi) is 13.0. The Hall–Kier alpha value is -0.960. The van der Waals surface area contributed by atoms with Crippen LogP contribution in [0.5, 0.6) is 0 Å². The summed E-state index contributed by atoms with van der Waals surface area (Å²) in [7, 11) is -9.60. The van der Waals surface area contributed by atoms with Gasteiger partial charge in [-0.1, -0.05) is 0 Å². The van der Waals surface area contributed by atoms with E-state index < -0.39 is 75.1 Å². The van der Waals surface area contributed by atoms with Crippen LogP contribution in [0.3, 0.4) is 0 Å². The van der Waals surface area contributed by atoms with Gasteiger partial charge < -0.3 is 10.2 Å². The Labute approximate surface area is 163 Å². The summed E-state index contributed by atoms with van der Waals surface area (Å²) < 4.78 is 171. The second kappa shape index (κ2) is 11.6. The van der Waals surface area contributed by atoms with Gasteiger partial charge in [-0.2, -0.15) is 60.7 Å². The third kappa shape index (κ3) is 19.0. The van der Waals surface area contributed by atoms with Crippen LogP contribution < -0.4 is 0 Å². The molecule has 0 spiro atoms. The maximum absolute atomic E-state index is 12.0.